The average molecular weight is 1360 g/mol. The zero-order valence-electron chi connectivity index (χ0n) is 54.4. The Morgan fingerprint density at radius 3 is 1.59 bits per heavy atom. The summed E-state index contributed by atoms with van der Waals surface area (Å²) in [5.41, 5.74) is 23.7. The fourth-order valence-corrected chi connectivity index (χ4v) is 10.3. The van der Waals surface area contributed by atoms with Gasteiger partial charge in [0.1, 0.15) is 66.2 Å². The van der Waals surface area contributed by atoms with Crippen molar-refractivity contribution >= 4 is 82.9 Å². The van der Waals surface area contributed by atoms with E-state index in [1.807, 2.05) is 13.8 Å². The number of hydrogen-bond donors (Lipinski definition) is 19. The molecule has 1 saturated heterocycles. The van der Waals surface area contributed by atoms with Crippen LogP contribution in [0.2, 0.25) is 0 Å². The lowest BCUT2D eigenvalue weighted by Crippen LogP contribution is -2.61. The number of aliphatic imine (C=N–C) groups is 1. The number of aromatic nitrogens is 2. The lowest BCUT2D eigenvalue weighted by molar-refractivity contribution is -0.143. The average Bonchev–Trinajstić information content (AvgIpc) is 1.78. The molecule has 0 aliphatic carbocycles. The summed E-state index contributed by atoms with van der Waals surface area (Å²) in [4.78, 5) is 188. The van der Waals surface area contributed by atoms with Crippen molar-refractivity contribution in [2.45, 2.75) is 171 Å². The van der Waals surface area contributed by atoms with E-state index in [1.165, 1.54) is 36.8 Å². The quantitative estimate of drug-likeness (QED) is 0.0143. The van der Waals surface area contributed by atoms with E-state index in [2.05, 4.69) is 62.8 Å². The molecule has 35 nitrogen and oxygen atoms in total. The first-order chi connectivity index (χ1) is 45.9. The van der Waals surface area contributed by atoms with E-state index in [0.717, 1.165) is 4.90 Å². The number of aliphatic hydroxyl groups excluding tert-OH is 2. The highest BCUT2D eigenvalue weighted by atomic mass is 16.4. The Bertz CT molecular complexity index is 3210. The molecule has 4 rings (SSSR count). The summed E-state index contributed by atoms with van der Waals surface area (Å²) in [5.74, 6) is -14.6. The third-order valence-electron chi connectivity index (χ3n) is 15.3. The normalized spacial score (nSPS) is 15.8. The standard InChI is InChI=1S/C62H91N17O18/c1-32(2)22-38(63)51(86)72-41(25-35-14-16-37(82)17-15-35)54(89)70-39(12-8-20-68-62(65)66)52(87)78-47(30-81)60(95)79-21-9-13-48(79)59(94)77-46(29-80)58(93)74-43(26-36-28-67-31-69-36)56(91)73-42(24-34-10-6-5-7-11-34)55(90)71-40(18-19-50(84)85)53(88)75-44(27-49(64)83)57(92)76-45(61(96)97)23-33(3)4/h5-7,10-11,14-17,28,31-33,38-48,80-82H,8-9,12-13,18-27,29-30,63H2,1-4H3,(H2,64,83)(H,67,69)(H,70,89)(H,71,90)(H,72,86)(H,73,91)(H,74,93)(H,75,88)(H,76,92)(H,77,94)(H,78,87)(H,84,85)(H,96,97)(H4,65,66,68)/t38-,39-,40-,41-,42-,43-,44-,45-,46-,47-,48-/m0/s1. The molecule has 0 unspecified atom stereocenters. The second kappa shape index (κ2) is 39.5. The Hall–Kier alpha value is -10.3. The molecule has 0 saturated carbocycles. The maximum absolute atomic E-state index is 14.5. The highest BCUT2D eigenvalue weighted by molar-refractivity contribution is 6.00. The van der Waals surface area contributed by atoms with Crippen LogP contribution in [-0.4, -0.2) is 216 Å². The number of imidazole rings is 1. The molecular weight excluding hydrogens is 1270 g/mol. The number of aliphatic hydroxyl groups is 2. The van der Waals surface area contributed by atoms with Crippen molar-refractivity contribution in [1.29, 1.82) is 0 Å². The molecule has 97 heavy (non-hydrogen) atoms. The smallest absolute Gasteiger partial charge is 0.326 e. The highest BCUT2D eigenvalue weighted by Crippen LogP contribution is 2.20. The van der Waals surface area contributed by atoms with Crippen LogP contribution in [0.5, 0.6) is 5.75 Å². The first kappa shape index (κ1) is 79.1. The van der Waals surface area contributed by atoms with E-state index in [9.17, 15) is 87.9 Å². The molecule has 35 heteroatoms. The number of H-pyrrole nitrogens is 1. The Morgan fingerprint density at radius 2 is 1.07 bits per heavy atom. The number of nitrogens with one attached hydrogen (secondary N) is 10. The van der Waals surface area contributed by atoms with Gasteiger partial charge < -0.3 is 106 Å². The molecule has 2 heterocycles. The van der Waals surface area contributed by atoms with Gasteiger partial charge in [-0.15, -0.1) is 0 Å². The summed E-state index contributed by atoms with van der Waals surface area (Å²) in [6, 6.07) is -3.28. The van der Waals surface area contributed by atoms with Gasteiger partial charge in [-0.1, -0.05) is 70.2 Å². The Morgan fingerprint density at radius 1 is 0.588 bits per heavy atom. The maximum Gasteiger partial charge on any atom is 0.326 e. The fourth-order valence-electron chi connectivity index (χ4n) is 10.3. The van der Waals surface area contributed by atoms with Crippen molar-refractivity contribution in [2.24, 2.45) is 39.8 Å². The molecule has 1 fully saturated rings. The summed E-state index contributed by atoms with van der Waals surface area (Å²) in [6.45, 7) is 4.84. The summed E-state index contributed by atoms with van der Waals surface area (Å²) >= 11 is 0. The number of rotatable bonds is 41. The lowest BCUT2D eigenvalue weighted by Gasteiger charge is -2.30. The molecule has 2 aromatic carbocycles. The zero-order chi connectivity index (χ0) is 72.1. The van der Waals surface area contributed by atoms with Gasteiger partial charge in [-0.2, -0.15) is 0 Å². The number of aromatic hydroxyl groups is 1. The number of carboxylic acid groups (broad SMARTS) is 2. The number of amides is 11. The van der Waals surface area contributed by atoms with Crippen LogP contribution in [0.1, 0.15) is 102 Å². The second-order valence-electron chi connectivity index (χ2n) is 24.2. The number of phenols is 1. The van der Waals surface area contributed by atoms with Gasteiger partial charge in [0, 0.05) is 50.7 Å². The van der Waals surface area contributed by atoms with Crippen molar-refractivity contribution in [3.8, 4) is 5.75 Å². The van der Waals surface area contributed by atoms with Crippen LogP contribution in [0.25, 0.3) is 0 Å². The largest absolute Gasteiger partial charge is 0.508 e. The van der Waals surface area contributed by atoms with E-state index in [-0.39, 0.29) is 100 Å². The van der Waals surface area contributed by atoms with Crippen molar-refractivity contribution in [3.63, 3.8) is 0 Å². The van der Waals surface area contributed by atoms with Gasteiger partial charge in [-0.05, 0) is 80.0 Å². The monoisotopic (exact) mass is 1360 g/mol. The minimum Gasteiger partial charge on any atom is -0.508 e. The summed E-state index contributed by atoms with van der Waals surface area (Å²) in [5, 5.41) is 72.5. The van der Waals surface area contributed by atoms with Crippen molar-refractivity contribution < 1.29 is 87.9 Å². The van der Waals surface area contributed by atoms with E-state index >= 15 is 0 Å². The van der Waals surface area contributed by atoms with Gasteiger partial charge in [-0.3, -0.25) is 62.5 Å². The van der Waals surface area contributed by atoms with Crippen LogP contribution >= 0.6 is 0 Å². The number of likely N-dealkylation sites (tertiary alicyclic amines) is 1. The number of benzene rings is 2. The Balaban J connectivity index is 1.56. The van der Waals surface area contributed by atoms with E-state index in [0.29, 0.717) is 11.1 Å². The molecule has 0 bridgehead atoms. The molecule has 532 valence electrons. The van der Waals surface area contributed by atoms with Crippen molar-refractivity contribution in [3.05, 3.63) is 83.9 Å². The predicted octanol–water partition coefficient (Wildman–Crippen LogP) is -5.22. The molecule has 0 radical (unpaired) electrons. The number of aromatic amines is 1. The van der Waals surface area contributed by atoms with Gasteiger partial charge in [0.25, 0.3) is 0 Å². The van der Waals surface area contributed by atoms with Crippen LogP contribution in [0, 0.1) is 11.8 Å². The Labute approximate surface area is 558 Å². The molecule has 1 aromatic heterocycles. The number of phenolic OH excluding ortho intramolecular Hbond substituents is 1. The molecular formula is C62H91N17O18. The van der Waals surface area contributed by atoms with Gasteiger partial charge in [0.15, 0.2) is 5.96 Å². The summed E-state index contributed by atoms with van der Waals surface area (Å²) < 4.78 is 0. The number of primary amides is 1. The van der Waals surface area contributed by atoms with E-state index < -0.39 is 176 Å². The molecule has 1 aliphatic rings. The predicted molar refractivity (Wildman–Crippen MR) is 346 cm³/mol. The number of guanidine groups is 1. The summed E-state index contributed by atoms with van der Waals surface area (Å²) in [7, 11) is 0. The van der Waals surface area contributed by atoms with Crippen LogP contribution in [0.3, 0.4) is 0 Å². The Kier molecular flexibility index (Phi) is 32.3. The van der Waals surface area contributed by atoms with Crippen LogP contribution < -0.4 is 70.8 Å². The zero-order valence-corrected chi connectivity index (χ0v) is 54.4. The number of hydrogen-bond acceptors (Lipinski definition) is 19. The first-order valence-corrected chi connectivity index (χ1v) is 31.5. The minimum atomic E-state index is -1.84. The van der Waals surface area contributed by atoms with Gasteiger partial charge in [0.2, 0.25) is 65.0 Å². The first-order valence-electron chi connectivity index (χ1n) is 31.5. The molecule has 0 spiro atoms. The molecule has 23 N–H and O–H groups in total. The van der Waals surface area contributed by atoms with Crippen LogP contribution in [0.4, 0.5) is 0 Å². The number of nitrogens with two attached hydrogens (primary N) is 4. The molecule has 11 atom stereocenters. The third kappa shape index (κ3) is 27.2. The number of carbonyl (C=O) groups excluding carboxylic acids is 11. The van der Waals surface area contributed by atoms with Gasteiger partial charge in [0.05, 0.1) is 32.0 Å². The molecule has 3 aromatic rings. The van der Waals surface area contributed by atoms with Crippen LogP contribution in [0.15, 0.2) is 72.1 Å². The molecule has 1 aliphatic heterocycles. The topological polar surface area (TPSA) is 580 Å². The fraction of sp³-hybridized carbons (Fsp3) is 0.532. The van der Waals surface area contributed by atoms with E-state index in [4.69, 9.17) is 22.9 Å². The lowest BCUT2D eigenvalue weighted by atomic mass is 10.0. The number of nitrogens with zero attached hydrogens (tertiary/aromatic N) is 3. The molecule has 11 amide bonds. The number of carboxylic acids is 2. The number of carbonyl (C=O) groups is 13. The van der Waals surface area contributed by atoms with Gasteiger partial charge >= 0.3 is 11.9 Å². The summed E-state index contributed by atoms with van der Waals surface area (Å²) in [6.07, 6.45) is -0.124. The van der Waals surface area contributed by atoms with Crippen molar-refractivity contribution in [1.82, 2.24) is 62.7 Å². The minimum absolute atomic E-state index is 0.0104. The van der Waals surface area contributed by atoms with E-state index in [1.54, 1.807) is 44.2 Å². The second-order valence-corrected chi connectivity index (χ2v) is 24.2. The maximum atomic E-state index is 14.5. The van der Waals surface area contributed by atoms with Crippen molar-refractivity contribution in [2.75, 3.05) is 26.3 Å². The van der Waals surface area contributed by atoms with Gasteiger partial charge in [-0.25, -0.2) is 9.78 Å². The SMILES string of the molecule is CC(C)C[C@H](NC(=O)[C@H](CC(N)=O)NC(=O)[C@H](CCC(=O)O)NC(=O)[C@H](Cc1ccccc1)NC(=O)[C@H](Cc1cnc[nH]1)NC(=O)[C@H](CO)NC(=O)[C@@H]1CCCN1C(=O)[C@H](CO)NC(=O)[C@H](CCCN=C(N)N)NC(=O)[C@H](Cc1ccc(O)cc1)NC(=O)[C@@H](N)CC(C)C)C(=O)O. The van der Waals surface area contributed by atoms with Crippen LogP contribution in [-0.2, 0) is 81.6 Å². The number of aliphatic carboxylic acids is 2. The third-order valence-corrected chi connectivity index (χ3v) is 15.3. The highest BCUT2D eigenvalue weighted by Gasteiger charge is 2.41.